The van der Waals surface area contributed by atoms with Crippen molar-refractivity contribution < 1.29 is 10.2 Å². The van der Waals surface area contributed by atoms with Gasteiger partial charge in [0.05, 0.1) is 0 Å². The number of phenolic OH excluding ortho intramolecular Hbond substituents is 2. The molecular weight excluding hydrogens is 284 g/mol. The van der Waals surface area contributed by atoms with Gasteiger partial charge in [0.25, 0.3) is 0 Å². The van der Waals surface area contributed by atoms with E-state index < -0.39 is 0 Å². The zero-order valence-corrected chi connectivity index (χ0v) is 14.0. The first kappa shape index (κ1) is 15.9. The Labute approximate surface area is 138 Å². The first-order chi connectivity index (χ1) is 10.9. The van der Waals surface area contributed by atoms with E-state index in [2.05, 4.69) is 26.0 Å². The number of phenols is 2. The molecule has 23 heavy (non-hydrogen) atoms. The third-order valence-electron chi connectivity index (χ3n) is 5.08. The van der Waals surface area contributed by atoms with Crippen molar-refractivity contribution in [3.05, 3.63) is 59.7 Å². The van der Waals surface area contributed by atoms with E-state index in [1.165, 1.54) is 30.4 Å². The van der Waals surface area contributed by atoms with E-state index in [4.69, 9.17) is 0 Å². The van der Waals surface area contributed by atoms with Gasteiger partial charge >= 0.3 is 0 Å². The van der Waals surface area contributed by atoms with E-state index >= 15 is 0 Å². The fourth-order valence-electron chi connectivity index (χ4n) is 4.22. The van der Waals surface area contributed by atoms with E-state index in [-0.39, 0.29) is 0 Å². The van der Waals surface area contributed by atoms with Crippen molar-refractivity contribution in [3.8, 4) is 11.5 Å². The minimum Gasteiger partial charge on any atom is -0.508 e. The molecule has 2 aromatic carbocycles. The van der Waals surface area contributed by atoms with E-state index in [0.717, 1.165) is 6.42 Å². The first-order valence-electron chi connectivity index (χ1n) is 8.48. The number of hydrogen-bond acceptors (Lipinski definition) is 2. The highest BCUT2D eigenvalue weighted by Gasteiger charge is 2.34. The van der Waals surface area contributed by atoms with Gasteiger partial charge in [0.2, 0.25) is 0 Å². The molecule has 122 valence electrons. The van der Waals surface area contributed by atoms with Crippen molar-refractivity contribution in [1.29, 1.82) is 0 Å². The lowest BCUT2D eigenvalue weighted by Gasteiger charge is -2.40. The number of rotatable bonds is 3. The van der Waals surface area contributed by atoms with Gasteiger partial charge in [-0.05, 0) is 78.3 Å². The summed E-state index contributed by atoms with van der Waals surface area (Å²) in [6, 6.07) is 15.4. The molecule has 0 saturated heterocycles. The van der Waals surface area contributed by atoms with E-state index in [1.54, 1.807) is 24.3 Å². The molecule has 2 aromatic rings. The van der Waals surface area contributed by atoms with Crippen LogP contribution in [-0.4, -0.2) is 10.2 Å². The average molecular weight is 310 g/mol. The Morgan fingerprint density at radius 2 is 1.43 bits per heavy atom. The van der Waals surface area contributed by atoms with Gasteiger partial charge in [0.15, 0.2) is 0 Å². The minimum absolute atomic E-state index is 0.333. The lowest BCUT2D eigenvalue weighted by Crippen LogP contribution is -2.28. The minimum atomic E-state index is 0.333. The fourth-order valence-corrected chi connectivity index (χ4v) is 4.22. The Morgan fingerprint density at radius 3 is 2.04 bits per heavy atom. The molecule has 2 heteroatoms. The van der Waals surface area contributed by atoms with Gasteiger partial charge < -0.3 is 10.2 Å². The van der Waals surface area contributed by atoms with Crippen molar-refractivity contribution in [1.82, 2.24) is 0 Å². The van der Waals surface area contributed by atoms with Crippen LogP contribution in [0.5, 0.6) is 11.5 Å². The highest BCUT2D eigenvalue weighted by molar-refractivity contribution is 5.30. The van der Waals surface area contributed by atoms with Gasteiger partial charge in [0.1, 0.15) is 11.5 Å². The Morgan fingerprint density at radius 1 is 0.870 bits per heavy atom. The van der Waals surface area contributed by atoms with Crippen LogP contribution >= 0.6 is 0 Å². The second-order valence-corrected chi connectivity index (χ2v) is 7.83. The smallest absolute Gasteiger partial charge is 0.115 e. The van der Waals surface area contributed by atoms with Crippen LogP contribution < -0.4 is 0 Å². The summed E-state index contributed by atoms with van der Waals surface area (Å²) in [5.74, 6) is 1.88. The van der Waals surface area contributed by atoms with E-state index in [0.29, 0.717) is 28.7 Å². The first-order valence-corrected chi connectivity index (χ1v) is 8.48. The maximum atomic E-state index is 9.51. The Balaban J connectivity index is 1.76. The summed E-state index contributed by atoms with van der Waals surface area (Å²) in [5, 5.41) is 18.9. The van der Waals surface area contributed by atoms with Crippen LogP contribution in [0.1, 0.15) is 50.2 Å². The third-order valence-corrected chi connectivity index (χ3v) is 5.08. The summed E-state index contributed by atoms with van der Waals surface area (Å²) in [7, 11) is 0. The summed E-state index contributed by atoms with van der Waals surface area (Å²) in [6.07, 6.45) is 4.69. The standard InChI is InChI=1S/C21H26O2/c1-21(2)13-16(11-15-3-7-19(22)8-4-15)12-18(14-21)17-5-9-20(23)10-6-17/h3-10,16,18,22-23H,11-14H2,1-2H3. The molecule has 0 bridgehead atoms. The van der Waals surface area contributed by atoms with Crippen molar-refractivity contribution in [2.45, 2.75) is 45.4 Å². The molecule has 2 nitrogen and oxygen atoms in total. The largest absolute Gasteiger partial charge is 0.508 e. The molecule has 0 aliphatic heterocycles. The maximum absolute atomic E-state index is 9.51. The molecule has 1 fully saturated rings. The molecule has 0 aromatic heterocycles. The van der Waals surface area contributed by atoms with Gasteiger partial charge in [-0.15, -0.1) is 0 Å². The van der Waals surface area contributed by atoms with Crippen LogP contribution in [0.15, 0.2) is 48.5 Å². The average Bonchev–Trinajstić information content (AvgIpc) is 2.49. The molecule has 0 heterocycles. The summed E-state index contributed by atoms with van der Waals surface area (Å²) >= 11 is 0. The predicted molar refractivity (Wildman–Crippen MR) is 93.8 cm³/mol. The molecule has 3 rings (SSSR count). The second kappa shape index (κ2) is 6.27. The monoisotopic (exact) mass is 310 g/mol. The lowest BCUT2D eigenvalue weighted by molar-refractivity contribution is 0.157. The van der Waals surface area contributed by atoms with E-state index in [1.807, 2.05) is 12.1 Å². The van der Waals surface area contributed by atoms with Crippen LogP contribution in [0.4, 0.5) is 0 Å². The summed E-state index contributed by atoms with van der Waals surface area (Å²) in [6.45, 7) is 4.73. The molecule has 2 unspecified atom stereocenters. The van der Waals surface area contributed by atoms with Crippen molar-refractivity contribution >= 4 is 0 Å². The summed E-state index contributed by atoms with van der Waals surface area (Å²) < 4.78 is 0. The Bertz CT molecular complexity index is 641. The molecule has 1 aliphatic carbocycles. The van der Waals surface area contributed by atoms with Gasteiger partial charge in [-0.3, -0.25) is 0 Å². The van der Waals surface area contributed by atoms with Gasteiger partial charge in [-0.2, -0.15) is 0 Å². The molecular formula is C21H26O2. The quantitative estimate of drug-likeness (QED) is 0.812. The topological polar surface area (TPSA) is 40.5 Å². The van der Waals surface area contributed by atoms with E-state index in [9.17, 15) is 10.2 Å². The summed E-state index contributed by atoms with van der Waals surface area (Å²) in [5.41, 5.74) is 2.98. The Kier molecular flexibility index (Phi) is 4.34. The van der Waals surface area contributed by atoms with Crippen molar-refractivity contribution in [2.24, 2.45) is 11.3 Å². The summed E-state index contributed by atoms with van der Waals surface area (Å²) in [4.78, 5) is 0. The van der Waals surface area contributed by atoms with Gasteiger partial charge in [0, 0.05) is 0 Å². The van der Waals surface area contributed by atoms with Gasteiger partial charge in [-0.1, -0.05) is 38.1 Å². The SMILES string of the molecule is CC1(C)CC(Cc2ccc(O)cc2)CC(c2ccc(O)cc2)C1. The molecule has 1 aliphatic rings. The highest BCUT2D eigenvalue weighted by atomic mass is 16.3. The predicted octanol–water partition coefficient (Wildman–Crippen LogP) is 5.25. The van der Waals surface area contributed by atoms with Gasteiger partial charge in [-0.25, -0.2) is 0 Å². The number of benzene rings is 2. The molecule has 0 spiro atoms. The molecule has 2 atom stereocenters. The molecule has 0 radical (unpaired) electrons. The van der Waals surface area contributed by atoms with Crippen molar-refractivity contribution in [2.75, 3.05) is 0 Å². The van der Waals surface area contributed by atoms with Crippen LogP contribution in [0.25, 0.3) is 0 Å². The number of hydrogen-bond donors (Lipinski definition) is 2. The van der Waals surface area contributed by atoms with Crippen LogP contribution in [-0.2, 0) is 6.42 Å². The number of aromatic hydroxyl groups is 2. The molecule has 1 saturated carbocycles. The zero-order chi connectivity index (χ0) is 16.4. The molecule has 2 N–H and O–H groups in total. The highest BCUT2D eigenvalue weighted by Crippen LogP contribution is 2.47. The zero-order valence-electron chi connectivity index (χ0n) is 14.0. The van der Waals surface area contributed by atoms with Crippen molar-refractivity contribution in [3.63, 3.8) is 0 Å². The Hall–Kier alpha value is -1.96. The second-order valence-electron chi connectivity index (χ2n) is 7.83. The van der Waals surface area contributed by atoms with Crippen LogP contribution in [0.3, 0.4) is 0 Å². The normalized spacial score (nSPS) is 23.6. The molecule has 0 amide bonds. The maximum Gasteiger partial charge on any atom is 0.115 e. The fraction of sp³-hybridized carbons (Fsp3) is 0.429. The van der Waals surface area contributed by atoms with Crippen LogP contribution in [0.2, 0.25) is 0 Å². The van der Waals surface area contributed by atoms with Crippen LogP contribution in [0, 0.1) is 11.3 Å². The third kappa shape index (κ3) is 4.07. The lowest BCUT2D eigenvalue weighted by atomic mass is 9.64.